The first-order valence-corrected chi connectivity index (χ1v) is 6.13. The maximum Gasteiger partial charge on any atom is 0.273 e. The Morgan fingerprint density at radius 2 is 2.00 bits per heavy atom. The molecule has 0 saturated carbocycles. The van der Waals surface area contributed by atoms with Gasteiger partial charge in [-0.1, -0.05) is 11.6 Å². The van der Waals surface area contributed by atoms with Crippen LogP contribution in [0.3, 0.4) is 0 Å². The van der Waals surface area contributed by atoms with E-state index in [1.165, 1.54) is 37.4 Å². The second kappa shape index (κ2) is 6.11. The van der Waals surface area contributed by atoms with Gasteiger partial charge in [0, 0.05) is 12.1 Å². The van der Waals surface area contributed by atoms with Crippen LogP contribution in [0.25, 0.3) is 0 Å². The molecule has 0 amide bonds. The number of non-ortho nitro benzene ring substituents is 1. The highest BCUT2D eigenvalue weighted by Gasteiger charge is 2.13. The van der Waals surface area contributed by atoms with Crippen LogP contribution in [0.2, 0.25) is 5.02 Å². The minimum Gasteiger partial charge on any atom is -0.493 e. The molecule has 2 aromatic rings. The molecule has 7 heteroatoms. The first-order valence-electron chi connectivity index (χ1n) is 5.75. The third-order valence-electron chi connectivity index (χ3n) is 2.65. The summed E-state index contributed by atoms with van der Waals surface area (Å²) in [6.45, 7) is 0. The molecule has 2 rings (SSSR count). The van der Waals surface area contributed by atoms with E-state index in [9.17, 15) is 10.1 Å². The molecule has 0 aromatic heterocycles. The van der Waals surface area contributed by atoms with Crippen molar-refractivity contribution in [3.8, 4) is 23.3 Å². The summed E-state index contributed by atoms with van der Waals surface area (Å²) in [6.07, 6.45) is 0. The molecule has 0 N–H and O–H groups in total. The van der Waals surface area contributed by atoms with Crippen LogP contribution in [0.15, 0.2) is 36.4 Å². The fourth-order valence-electron chi connectivity index (χ4n) is 1.63. The topological polar surface area (TPSA) is 85.4 Å². The van der Waals surface area contributed by atoms with Crippen molar-refractivity contribution in [1.82, 2.24) is 0 Å². The minimum absolute atomic E-state index is 0.0999. The van der Waals surface area contributed by atoms with Gasteiger partial charge >= 0.3 is 0 Å². The number of rotatable bonds is 4. The average molecular weight is 305 g/mol. The van der Waals surface area contributed by atoms with Gasteiger partial charge in [-0.05, 0) is 18.2 Å². The Morgan fingerprint density at radius 3 is 2.57 bits per heavy atom. The molecule has 0 spiro atoms. The third kappa shape index (κ3) is 3.22. The van der Waals surface area contributed by atoms with E-state index < -0.39 is 4.92 Å². The van der Waals surface area contributed by atoms with Crippen LogP contribution in [0.5, 0.6) is 17.2 Å². The number of benzene rings is 2. The number of halogens is 1. The lowest BCUT2D eigenvalue weighted by Crippen LogP contribution is -1.93. The lowest BCUT2D eigenvalue weighted by atomic mass is 10.2. The zero-order chi connectivity index (χ0) is 15.4. The summed E-state index contributed by atoms with van der Waals surface area (Å²) >= 11 is 5.91. The van der Waals surface area contributed by atoms with E-state index in [0.717, 1.165) is 0 Å². The maximum absolute atomic E-state index is 10.7. The minimum atomic E-state index is -0.523. The van der Waals surface area contributed by atoms with Crippen LogP contribution < -0.4 is 9.47 Å². The van der Waals surface area contributed by atoms with Crippen LogP contribution in [0.1, 0.15) is 5.56 Å². The summed E-state index contributed by atoms with van der Waals surface area (Å²) in [5.41, 5.74) is 0.233. The quantitative estimate of drug-likeness (QED) is 0.631. The average Bonchev–Trinajstić information content (AvgIpc) is 2.47. The van der Waals surface area contributed by atoms with Gasteiger partial charge in [-0.15, -0.1) is 0 Å². The van der Waals surface area contributed by atoms with Crippen molar-refractivity contribution >= 4 is 17.3 Å². The van der Waals surface area contributed by atoms with Gasteiger partial charge < -0.3 is 9.47 Å². The molecule has 0 saturated heterocycles. The van der Waals surface area contributed by atoms with Gasteiger partial charge in [-0.25, -0.2) is 0 Å². The van der Waals surface area contributed by atoms with E-state index in [1.807, 2.05) is 6.07 Å². The number of nitro groups is 1. The van der Waals surface area contributed by atoms with Crippen LogP contribution in [-0.4, -0.2) is 12.0 Å². The summed E-state index contributed by atoms with van der Waals surface area (Å²) in [5.74, 6) is 0.930. The van der Waals surface area contributed by atoms with E-state index >= 15 is 0 Å². The van der Waals surface area contributed by atoms with Gasteiger partial charge in [-0.2, -0.15) is 5.26 Å². The van der Waals surface area contributed by atoms with Crippen molar-refractivity contribution in [3.05, 3.63) is 57.1 Å². The smallest absolute Gasteiger partial charge is 0.273 e. The summed E-state index contributed by atoms with van der Waals surface area (Å²) in [5, 5.41) is 19.8. The molecule has 21 heavy (non-hydrogen) atoms. The highest BCUT2D eigenvalue weighted by atomic mass is 35.5. The van der Waals surface area contributed by atoms with Crippen LogP contribution in [0.4, 0.5) is 5.69 Å². The Balaban J connectivity index is 2.33. The highest BCUT2D eigenvalue weighted by Crippen LogP contribution is 2.35. The molecule has 0 aliphatic rings. The van der Waals surface area contributed by atoms with Gasteiger partial charge in [0.2, 0.25) is 0 Å². The molecule has 0 unspecified atom stereocenters. The number of hydrogen-bond acceptors (Lipinski definition) is 5. The van der Waals surface area contributed by atoms with Crippen molar-refractivity contribution < 1.29 is 14.4 Å². The number of ether oxygens (including phenoxy) is 2. The van der Waals surface area contributed by atoms with E-state index in [2.05, 4.69) is 0 Å². The number of nitriles is 1. The Bertz CT molecular complexity index is 740. The molecule has 2 aromatic carbocycles. The number of hydrogen-bond donors (Lipinski definition) is 0. The number of nitrogens with zero attached hydrogens (tertiary/aromatic N) is 2. The third-order valence-corrected chi connectivity index (χ3v) is 2.96. The van der Waals surface area contributed by atoms with Crippen molar-refractivity contribution in [1.29, 1.82) is 5.26 Å². The molecule has 106 valence electrons. The molecule has 0 atom stereocenters. The van der Waals surface area contributed by atoms with Gasteiger partial charge in [0.1, 0.15) is 11.8 Å². The summed E-state index contributed by atoms with van der Waals surface area (Å²) < 4.78 is 10.6. The lowest BCUT2D eigenvalue weighted by Gasteiger charge is -2.10. The zero-order valence-electron chi connectivity index (χ0n) is 10.9. The normalized spacial score (nSPS) is 9.76. The number of nitro benzene ring substituents is 1. The van der Waals surface area contributed by atoms with E-state index in [-0.39, 0.29) is 16.5 Å². The fourth-order valence-corrected chi connectivity index (χ4v) is 1.84. The Labute approximate surface area is 125 Å². The lowest BCUT2D eigenvalue weighted by molar-refractivity contribution is -0.384. The number of methoxy groups -OCH3 is 1. The molecule has 0 heterocycles. The van der Waals surface area contributed by atoms with Crippen LogP contribution in [-0.2, 0) is 0 Å². The second-order valence-electron chi connectivity index (χ2n) is 3.95. The van der Waals surface area contributed by atoms with Gasteiger partial charge in [0.25, 0.3) is 5.69 Å². The summed E-state index contributed by atoms with van der Waals surface area (Å²) in [6, 6.07) is 10.5. The Morgan fingerprint density at radius 1 is 1.24 bits per heavy atom. The van der Waals surface area contributed by atoms with Crippen molar-refractivity contribution in [2.75, 3.05) is 7.11 Å². The molecule has 0 fully saturated rings. The van der Waals surface area contributed by atoms with Gasteiger partial charge in [0.15, 0.2) is 11.5 Å². The van der Waals surface area contributed by atoms with E-state index in [4.69, 9.17) is 26.3 Å². The van der Waals surface area contributed by atoms with Crippen LogP contribution >= 0.6 is 11.6 Å². The summed E-state index contributed by atoms with van der Waals surface area (Å²) in [4.78, 5) is 10.2. The van der Waals surface area contributed by atoms with Crippen molar-refractivity contribution in [2.24, 2.45) is 0 Å². The predicted octanol–water partition coefficient (Wildman–Crippen LogP) is 3.92. The van der Waals surface area contributed by atoms with Crippen molar-refractivity contribution in [2.45, 2.75) is 0 Å². The monoisotopic (exact) mass is 304 g/mol. The molecule has 0 radical (unpaired) electrons. The van der Waals surface area contributed by atoms with Gasteiger partial charge in [-0.3, -0.25) is 10.1 Å². The predicted molar refractivity (Wildman–Crippen MR) is 75.9 cm³/mol. The Kier molecular flexibility index (Phi) is 4.26. The first-order chi connectivity index (χ1) is 10.0. The Hall–Kier alpha value is -2.78. The van der Waals surface area contributed by atoms with Crippen LogP contribution in [0, 0.1) is 21.4 Å². The second-order valence-corrected chi connectivity index (χ2v) is 4.35. The fraction of sp³-hybridized carbons (Fsp3) is 0.0714. The van der Waals surface area contributed by atoms with E-state index in [0.29, 0.717) is 17.1 Å². The first kappa shape index (κ1) is 14.6. The molecule has 0 aliphatic carbocycles. The molecular weight excluding hydrogens is 296 g/mol. The standard InChI is InChI=1S/C14H9ClN2O4/c1-20-14-6-10(17(18)19)3-5-13(14)21-11-4-2-9(8-16)12(15)7-11/h2-7H,1H3. The molecule has 0 bridgehead atoms. The van der Waals surface area contributed by atoms with E-state index in [1.54, 1.807) is 6.07 Å². The highest BCUT2D eigenvalue weighted by molar-refractivity contribution is 6.31. The molecule has 0 aliphatic heterocycles. The SMILES string of the molecule is COc1cc([N+](=O)[O-])ccc1Oc1ccc(C#N)c(Cl)c1. The maximum atomic E-state index is 10.7. The van der Waals surface area contributed by atoms with Gasteiger partial charge in [0.05, 0.1) is 28.7 Å². The van der Waals surface area contributed by atoms with Crippen molar-refractivity contribution in [3.63, 3.8) is 0 Å². The molecular formula is C14H9ClN2O4. The zero-order valence-corrected chi connectivity index (χ0v) is 11.6. The summed E-state index contributed by atoms with van der Waals surface area (Å²) in [7, 11) is 1.39. The molecule has 6 nitrogen and oxygen atoms in total. The largest absolute Gasteiger partial charge is 0.493 e.